The Morgan fingerprint density at radius 1 is 1.23 bits per heavy atom. The summed E-state index contributed by atoms with van der Waals surface area (Å²) in [6, 6.07) is 8.72. The average Bonchev–Trinajstić information content (AvgIpc) is 2.49. The average molecular weight is 302 g/mol. The largest absolute Gasteiger partial charge is 0.357 e. The lowest BCUT2D eigenvalue weighted by molar-refractivity contribution is 0.377. The van der Waals surface area contributed by atoms with Gasteiger partial charge in [0.05, 0.1) is 6.54 Å². The minimum atomic E-state index is 0.151. The van der Waals surface area contributed by atoms with E-state index in [-0.39, 0.29) is 5.54 Å². The van der Waals surface area contributed by atoms with Gasteiger partial charge in [0, 0.05) is 31.7 Å². The summed E-state index contributed by atoms with van der Waals surface area (Å²) >= 11 is 0. The molecule has 0 spiro atoms. The lowest BCUT2D eigenvalue weighted by atomic mass is 10.0. The number of guanidine groups is 1. The summed E-state index contributed by atoms with van der Waals surface area (Å²) in [6.07, 6.45) is 1.10. The highest BCUT2D eigenvalue weighted by atomic mass is 15.3. The molecule has 4 heteroatoms. The van der Waals surface area contributed by atoms with Crippen LogP contribution in [-0.2, 0) is 13.0 Å². The highest BCUT2D eigenvalue weighted by Crippen LogP contribution is 2.18. The Morgan fingerprint density at radius 3 is 2.64 bits per heavy atom. The second-order valence-electron chi connectivity index (χ2n) is 6.85. The van der Waals surface area contributed by atoms with Crippen LogP contribution in [0.15, 0.2) is 29.3 Å². The van der Waals surface area contributed by atoms with Gasteiger partial charge in [-0.2, -0.15) is 0 Å². The molecular formula is C18H30N4. The number of nitrogens with one attached hydrogen (secondary N) is 2. The molecule has 0 saturated carbocycles. The van der Waals surface area contributed by atoms with Gasteiger partial charge in [-0.25, -0.2) is 0 Å². The molecule has 0 saturated heterocycles. The zero-order chi connectivity index (χ0) is 16.0. The zero-order valence-electron chi connectivity index (χ0n) is 14.4. The van der Waals surface area contributed by atoms with E-state index in [1.807, 2.05) is 0 Å². The van der Waals surface area contributed by atoms with Crippen molar-refractivity contribution in [2.75, 3.05) is 26.2 Å². The molecule has 0 amide bonds. The first-order valence-corrected chi connectivity index (χ1v) is 8.34. The van der Waals surface area contributed by atoms with E-state index in [0.717, 1.165) is 45.1 Å². The summed E-state index contributed by atoms with van der Waals surface area (Å²) in [6.45, 7) is 13.3. The van der Waals surface area contributed by atoms with Crippen LogP contribution in [0.1, 0.15) is 38.8 Å². The van der Waals surface area contributed by atoms with E-state index in [2.05, 4.69) is 67.5 Å². The Morgan fingerprint density at radius 2 is 1.95 bits per heavy atom. The lowest BCUT2D eigenvalue weighted by Gasteiger charge is -2.31. The van der Waals surface area contributed by atoms with Crippen LogP contribution in [0.3, 0.4) is 0 Å². The molecule has 0 radical (unpaired) electrons. The summed E-state index contributed by atoms with van der Waals surface area (Å²) in [5.41, 5.74) is 3.05. The van der Waals surface area contributed by atoms with Gasteiger partial charge in [0.2, 0.25) is 0 Å². The SMILES string of the molecule is CCNC(=NCCNC(C)(C)C)N1CCc2ccccc2C1. The maximum Gasteiger partial charge on any atom is 0.194 e. The predicted molar refractivity (Wildman–Crippen MR) is 94.3 cm³/mol. The van der Waals surface area contributed by atoms with Gasteiger partial charge < -0.3 is 15.5 Å². The van der Waals surface area contributed by atoms with Crippen LogP contribution in [0.4, 0.5) is 0 Å². The first-order chi connectivity index (χ1) is 10.5. The van der Waals surface area contributed by atoms with E-state index in [4.69, 9.17) is 4.99 Å². The van der Waals surface area contributed by atoms with Crippen LogP contribution in [0, 0.1) is 0 Å². The fourth-order valence-corrected chi connectivity index (χ4v) is 2.70. The number of nitrogens with zero attached hydrogens (tertiary/aromatic N) is 2. The van der Waals surface area contributed by atoms with Crippen LogP contribution in [0.2, 0.25) is 0 Å². The maximum absolute atomic E-state index is 4.78. The van der Waals surface area contributed by atoms with Gasteiger partial charge in [0.1, 0.15) is 0 Å². The highest BCUT2D eigenvalue weighted by Gasteiger charge is 2.18. The van der Waals surface area contributed by atoms with Crippen LogP contribution >= 0.6 is 0 Å². The molecule has 4 nitrogen and oxygen atoms in total. The minimum absolute atomic E-state index is 0.151. The van der Waals surface area contributed by atoms with E-state index in [1.54, 1.807) is 0 Å². The number of hydrogen-bond acceptors (Lipinski definition) is 2. The quantitative estimate of drug-likeness (QED) is 0.510. The Balaban J connectivity index is 1.96. The van der Waals surface area contributed by atoms with Crippen molar-refractivity contribution in [3.63, 3.8) is 0 Å². The van der Waals surface area contributed by atoms with Gasteiger partial charge in [-0.3, -0.25) is 4.99 Å². The summed E-state index contributed by atoms with van der Waals surface area (Å²) in [5, 5.41) is 6.91. The van der Waals surface area contributed by atoms with Crippen molar-refractivity contribution in [2.45, 2.75) is 46.2 Å². The summed E-state index contributed by atoms with van der Waals surface area (Å²) < 4.78 is 0. The van der Waals surface area contributed by atoms with Gasteiger partial charge in [-0.1, -0.05) is 24.3 Å². The second-order valence-corrected chi connectivity index (χ2v) is 6.85. The van der Waals surface area contributed by atoms with E-state index in [0.29, 0.717) is 0 Å². The summed E-state index contributed by atoms with van der Waals surface area (Å²) in [5.74, 6) is 1.03. The normalized spacial score (nSPS) is 15.6. The molecule has 0 bridgehead atoms. The Bertz CT molecular complexity index is 502. The maximum atomic E-state index is 4.78. The molecule has 1 aliphatic rings. The lowest BCUT2D eigenvalue weighted by Crippen LogP contribution is -2.44. The molecule has 0 unspecified atom stereocenters. The van der Waals surface area contributed by atoms with E-state index in [9.17, 15) is 0 Å². The number of fused-ring (bicyclic) bond motifs is 1. The third kappa shape index (κ3) is 5.02. The van der Waals surface area contributed by atoms with Crippen LogP contribution in [-0.4, -0.2) is 42.6 Å². The fourth-order valence-electron chi connectivity index (χ4n) is 2.70. The molecule has 0 aromatic heterocycles. The molecule has 0 fully saturated rings. The van der Waals surface area contributed by atoms with Gasteiger partial charge in [0.15, 0.2) is 5.96 Å². The van der Waals surface area contributed by atoms with E-state index in [1.165, 1.54) is 11.1 Å². The monoisotopic (exact) mass is 302 g/mol. The van der Waals surface area contributed by atoms with Gasteiger partial charge >= 0.3 is 0 Å². The molecule has 1 aliphatic heterocycles. The van der Waals surface area contributed by atoms with Gasteiger partial charge in [0.25, 0.3) is 0 Å². The molecular weight excluding hydrogens is 272 g/mol. The predicted octanol–water partition coefficient (Wildman–Crippen LogP) is 2.40. The summed E-state index contributed by atoms with van der Waals surface area (Å²) in [7, 11) is 0. The van der Waals surface area contributed by atoms with E-state index >= 15 is 0 Å². The number of rotatable bonds is 4. The third-order valence-electron chi connectivity index (χ3n) is 3.79. The van der Waals surface area contributed by atoms with Crippen molar-refractivity contribution < 1.29 is 0 Å². The molecule has 1 aromatic carbocycles. The standard InChI is InChI=1S/C18H30N4/c1-5-19-17(20-11-12-21-18(2,3)4)22-13-10-15-8-6-7-9-16(15)14-22/h6-9,21H,5,10-14H2,1-4H3,(H,19,20). The topological polar surface area (TPSA) is 39.7 Å². The third-order valence-corrected chi connectivity index (χ3v) is 3.79. The molecule has 2 rings (SSSR count). The van der Waals surface area contributed by atoms with Crippen molar-refractivity contribution in [1.29, 1.82) is 0 Å². The molecule has 0 aliphatic carbocycles. The molecule has 22 heavy (non-hydrogen) atoms. The van der Waals surface area contributed by atoms with Gasteiger partial charge in [-0.05, 0) is 45.2 Å². The molecule has 1 aromatic rings. The van der Waals surface area contributed by atoms with Crippen LogP contribution < -0.4 is 10.6 Å². The highest BCUT2D eigenvalue weighted by molar-refractivity contribution is 5.80. The smallest absolute Gasteiger partial charge is 0.194 e. The fraction of sp³-hybridized carbons (Fsp3) is 0.611. The number of benzene rings is 1. The van der Waals surface area contributed by atoms with Gasteiger partial charge in [-0.15, -0.1) is 0 Å². The van der Waals surface area contributed by atoms with E-state index < -0.39 is 0 Å². The number of aliphatic imine (C=N–C) groups is 1. The summed E-state index contributed by atoms with van der Waals surface area (Å²) in [4.78, 5) is 7.15. The van der Waals surface area contributed by atoms with Crippen molar-refractivity contribution in [3.8, 4) is 0 Å². The first-order valence-electron chi connectivity index (χ1n) is 8.34. The Hall–Kier alpha value is -1.55. The first kappa shape index (κ1) is 16.8. The molecule has 0 atom stereocenters. The molecule has 122 valence electrons. The Labute approximate surface area is 135 Å². The van der Waals surface area contributed by atoms with Crippen molar-refractivity contribution in [2.24, 2.45) is 4.99 Å². The zero-order valence-corrected chi connectivity index (χ0v) is 14.4. The molecule has 1 heterocycles. The second kappa shape index (κ2) is 7.63. The number of hydrogen-bond donors (Lipinski definition) is 2. The van der Waals surface area contributed by atoms with Crippen LogP contribution in [0.25, 0.3) is 0 Å². The van der Waals surface area contributed by atoms with Crippen LogP contribution in [0.5, 0.6) is 0 Å². The molecule has 2 N–H and O–H groups in total. The van der Waals surface area contributed by atoms with Crippen molar-refractivity contribution in [3.05, 3.63) is 35.4 Å². The van der Waals surface area contributed by atoms with Crippen molar-refractivity contribution >= 4 is 5.96 Å². The van der Waals surface area contributed by atoms with Crippen molar-refractivity contribution in [1.82, 2.24) is 15.5 Å². The Kier molecular flexibility index (Phi) is 5.83. The minimum Gasteiger partial charge on any atom is -0.357 e.